The zero-order valence-corrected chi connectivity index (χ0v) is 11.5. The molecule has 2 amide bonds. The van der Waals surface area contributed by atoms with Gasteiger partial charge in [0.25, 0.3) is 0 Å². The molecule has 1 aliphatic heterocycles. The fourth-order valence-electron chi connectivity index (χ4n) is 2.42. The monoisotopic (exact) mass is 273 g/mol. The van der Waals surface area contributed by atoms with E-state index in [1.165, 1.54) is 10.4 Å². The third kappa shape index (κ3) is 2.33. The van der Waals surface area contributed by atoms with Crippen molar-refractivity contribution in [2.24, 2.45) is 0 Å². The van der Waals surface area contributed by atoms with Crippen LogP contribution in [0.1, 0.15) is 23.4 Å². The van der Waals surface area contributed by atoms with E-state index in [4.69, 9.17) is 0 Å². The third-order valence-corrected chi connectivity index (χ3v) is 4.45. The SMILES string of the molecule is CC1c2ccsc2CCN1C(=O)Nc1cccnc1. The van der Waals surface area contributed by atoms with Crippen LogP contribution in [-0.4, -0.2) is 22.5 Å². The molecule has 0 radical (unpaired) electrons. The van der Waals surface area contributed by atoms with Crippen molar-refractivity contribution in [3.63, 3.8) is 0 Å². The van der Waals surface area contributed by atoms with E-state index in [0.29, 0.717) is 0 Å². The standard InChI is InChI=1S/C14H15N3OS/c1-10-12-5-8-19-13(12)4-7-17(10)14(18)16-11-3-2-6-15-9-11/h2-3,5-6,8-10H,4,7H2,1H3,(H,16,18). The first-order valence-corrected chi connectivity index (χ1v) is 7.17. The Kier molecular flexibility index (Phi) is 3.21. The predicted molar refractivity (Wildman–Crippen MR) is 76.4 cm³/mol. The number of fused-ring (bicyclic) bond motifs is 1. The Bertz CT molecular complexity index is 581. The van der Waals surface area contributed by atoms with Gasteiger partial charge in [-0.25, -0.2) is 4.79 Å². The summed E-state index contributed by atoms with van der Waals surface area (Å²) >= 11 is 1.78. The van der Waals surface area contributed by atoms with Crippen molar-refractivity contribution in [3.05, 3.63) is 46.4 Å². The van der Waals surface area contributed by atoms with E-state index >= 15 is 0 Å². The molecule has 1 unspecified atom stereocenters. The average molecular weight is 273 g/mol. The van der Waals surface area contributed by atoms with Gasteiger partial charge in [-0.1, -0.05) is 0 Å². The fourth-order valence-corrected chi connectivity index (χ4v) is 3.38. The lowest BCUT2D eigenvalue weighted by atomic mass is 10.0. The van der Waals surface area contributed by atoms with Gasteiger partial charge in [0.1, 0.15) is 0 Å². The molecule has 0 aliphatic carbocycles. The Morgan fingerprint density at radius 3 is 3.21 bits per heavy atom. The lowest BCUT2D eigenvalue weighted by Gasteiger charge is -2.33. The molecule has 0 bridgehead atoms. The minimum absolute atomic E-state index is 0.0580. The van der Waals surface area contributed by atoms with E-state index in [-0.39, 0.29) is 12.1 Å². The summed E-state index contributed by atoms with van der Waals surface area (Å²) in [6.45, 7) is 2.84. The largest absolute Gasteiger partial charge is 0.322 e. The number of hydrogen-bond donors (Lipinski definition) is 1. The Balaban J connectivity index is 1.75. The molecule has 0 saturated heterocycles. The minimum Gasteiger partial charge on any atom is -0.317 e. The van der Waals surface area contributed by atoms with Gasteiger partial charge in [0, 0.05) is 17.6 Å². The molecule has 0 fully saturated rings. The number of pyridine rings is 1. The highest BCUT2D eigenvalue weighted by Crippen LogP contribution is 2.32. The van der Waals surface area contributed by atoms with Gasteiger partial charge in [-0.05, 0) is 42.5 Å². The number of anilines is 1. The Hall–Kier alpha value is -1.88. The molecular formula is C14H15N3OS. The van der Waals surface area contributed by atoms with Crippen molar-refractivity contribution in [1.29, 1.82) is 0 Å². The van der Waals surface area contributed by atoms with Gasteiger partial charge in [-0.15, -0.1) is 11.3 Å². The number of nitrogens with zero attached hydrogens (tertiary/aromatic N) is 2. The fraction of sp³-hybridized carbons (Fsp3) is 0.286. The maximum Gasteiger partial charge on any atom is 0.322 e. The maximum atomic E-state index is 12.3. The van der Waals surface area contributed by atoms with Crippen molar-refractivity contribution in [2.45, 2.75) is 19.4 Å². The Labute approximate surface area is 116 Å². The Morgan fingerprint density at radius 2 is 2.42 bits per heavy atom. The highest BCUT2D eigenvalue weighted by atomic mass is 32.1. The van der Waals surface area contributed by atoms with Crippen LogP contribution in [0.3, 0.4) is 0 Å². The third-order valence-electron chi connectivity index (χ3n) is 3.45. The van der Waals surface area contributed by atoms with Crippen LogP contribution in [0.4, 0.5) is 10.5 Å². The molecule has 5 heteroatoms. The molecule has 4 nitrogen and oxygen atoms in total. The molecule has 0 aromatic carbocycles. The van der Waals surface area contributed by atoms with Crippen molar-refractivity contribution < 1.29 is 4.79 Å². The van der Waals surface area contributed by atoms with Crippen molar-refractivity contribution >= 4 is 23.1 Å². The summed E-state index contributed by atoms with van der Waals surface area (Å²) in [6.07, 6.45) is 4.29. The summed E-state index contributed by atoms with van der Waals surface area (Å²) in [4.78, 5) is 19.6. The molecule has 3 heterocycles. The van der Waals surface area contributed by atoms with Crippen molar-refractivity contribution in [3.8, 4) is 0 Å². The van der Waals surface area contributed by atoms with Crippen molar-refractivity contribution in [2.75, 3.05) is 11.9 Å². The number of carbonyl (C=O) groups excluding carboxylic acids is 1. The number of carbonyl (C=O) groups is 1. The second-order valence-corrected chi connectivity index (χ2v) is 5.59. The van der Waals surface area contributed by atoms with E-state index in [1.54, 1.807) is 23.7 Å². The van der Waals surface area contributed by atoms with E-state index in [9.17, 15) is 4.79 Å². The van der Waals surface area contributed by atoms with Crippen LogP contribution in [0.2, 0.25) is 0 Å². The van der Waals surface area contributed by atoms with Crippen molar-refractivity contribution in [1.82, 2.24) is 9.88 Å². The number of hydrogen-bond acceptors (Lipinski definition) is 3. The second kappa shape index (κ2) is 5.01. The van der Waals surface area contributed by atoms with Gasteiger partial charge >= 0.3 is 6.03 Å². The second-order valence-electron chi connectivity index (χ2n) is 4.59. The van der Waals surface area contributed by atoms with Crippen LogP contribution >= 0.6 is 11.3 Å². The predicted octanol–water partition coefficient (Wildman–Crippen LogP) is 3.29. The topological polar surface area (TPSA) is 45.2 Å². The van der Waals surface area contributed by atoms with Crippen LogP contribution < -0.4 is 5.32 Å². The summed E-state index contributed by atoms with van der Waals surface area (Å²) in [5, 5.41) is 4.99. The van der Waals surface area contributed by atoms with Crippen LogP contribution in [-0.2, 0) is 6.42 Å². The molecule has 2 aromatic rings. The molecule has 19 heavy (non-hydrogen) atoms. The van der Waals surface area contributed by atoms with Gasteiger partial charge < -0.3 is 10.2 Å². The molecular weight excluding hydrogens is 258 g/mol. The summed E-state index contributed by atoms with van der Waals surface area (Å²) < 4.78 is 0. The average Bonchev–Trinajstić information content (AvgIpc) is 2.89. The van der Waals surface area contributed by atoms with E-state index in [2.05, 4.69) is 28.7 Å². The molecule has 2 aromatic heterocycles. The maximum absolute atomic E-state index is 12.3. The highest BCUT2D eigenvalue weighted by molar-refractivity contribution is 7.10. The molecule has 0 saturated carbocycles. The number of rotatable bonds is 1. The first kappa shape index (κ1) is 12.2. The normalized spacial score (nSPS) is 17.9. The van der Waals surface area contributed by atoms with Crippen LogP contribution in [0, 0.1) is 0 Å². The highest BCUT2D eigenvalue weighted by Gasteiger charge is 2.28. The summed E-state index contributed by atoms with van der Waals surface area (Å²) in [6, 6.07) is 5.85. The molecule has 1 aliphatic rings. The Morgan fingerprint density at radius 1 is 1.53 bits per heavy atom. The lowest BCUT2D eigenvalue weighted by Crippen LogP contribution is -2.40. The van der Waals surface area contributed by atoms with Gasteiger partial charge in [0.2, 0.25) is 0 Å². The zero-order valence-electron chi connectivity index (χ0n) is 10.7. The molecule has 1 N–H and O–H groups in total. The van der Waals surface area contributed by atoms with Crippen LogP contribution in [0.15, 0.2) is 36.0 Å². The van der Waals surface area contributed by atoms with E-state index in [1.807, 2.05) is 17.0 Å². The lowest BCUT2D eigenvalue weighted by molar-refractivity contribution is 0.189. The number of urea groups is 1. The quantitative estimate of drug-likeness (QED) is 0.866. The summed E-state index contributed by atoms with van der Waals surface area (Å²) in [5.74, 6) is 0. The van der Waals surface area contributed by atoms with Gasteiger partial charge in [0.15, 0.2) is 0 Å². The van der Waals surface area contributed by atoms with Gasteiger partial charge in [-0.2, -0.15) is 0 Å². The smallest absolute Gasteiger partial charge is 0.317 e. The number of amides is 2. The summed E-state index contributed by atoms with van der Waals surface area (Å²) in [5.41, 5.74) is 2.01. The molecule has 3 rings (SSSR count). The van der Waals surface area contributed by atoms with Crippen LogP contribution in [0.5, 0.6) is 0 Å². The number of thiophene rings is 1. The van der Waals surface area contributed by atoms with Gasteiger partial charge in [-0.3, -0.25) is 4.98 Å². The molecule has 1 atom stereocenters. The zero-order chi connectivity index (χ0) is 13.2. The van der Waals surface area contributed by atoms with E-state index < -0.39 is 0 Å². The first-order chi connectivity index (χ1) is 9.25. The number of nitrogens with one attached hydrogen (secondary N) is 1. The minimum atomic E-state index is -0.0580. The van der Waals surface area contributed by atoms with Crippen LogP contribution in [0.25, 0.3) is 0 Å². The van der Waals surface area contributed by atoms with Gasteiger partial charge in [0.05, 0.1) is 17.9 Å². The molecule has 98 valence electrons. The van der Waals surface area contributed by atoms with E-state index in [0.717, 1.165) is 18.7 Å². The summed E-state index contributed by atoms with van der Waals surface area (Å²) in [7, 11) is 0. The first-order valence-electron chi connectivity index (χ1n) is 6.29. The number of aromatic nitrogens is 1. The molecule has 0 spiro atoms.